The average Bonchev–Trinajstić information content (AvgIpc) is 2.35. The van der Waals surface area contributed by atoms with E-state index in [0.717, 1.165) is 11.8 Å². The van der Waals surface area contributed by atoms with Gasteiger partial charge in [-0.25, -0.2) is 4.39 Å². The molecule has 0 amide bonds. The van der Waals surface area contributed by atoms with Crippen LogP contribution in [0.1, 0.15) is 6.92 Å². The van der Waals surface area contributed by atoms with Crippen LogP contribution in [0.5, 0.6) is 0 Å². The number of benzene rings is 1. The van der Waals surface area contributed by atoms with Crippen LogP contribution in [0, 0.1) is 15.9 Å². The van der Waals surface area contributed by atoms with Crippen molar-refractivity contribution in [3.8, 4) is 0 Å². The third-order valence-electron chi connectivity index (χ3n) is 3.50. The maximum Gasteiger partial charge on any atom is 0.272 e. The number of nitrogens with zero attached hydrogens (tertiary/aromatic N) is 3. The minimum Gasteiger partial charge on any atom is -0.372 e. The van der Waals surface area contributed by atoms with Crippen molar-refractivity contribution in [2.24, 2.45) is 0 Å². The molecule has 0 aromatic heterocycles. The quantitative estimate of drug-likeness (QED) is 0.608. The Morgan fingerprint density at radius 1 is 1.53 bits per heavy atom. The molecule has 0 N–H and O–H groups in total. The lowest BCUT2D eigenvalue weighted by Crippen LogP contribution is -2.48. The molecule has 0 bridgehead atoms. The lowest BCUT2D eigenvalue weighted by atomic mass is 10.1. The molecule has 19 heavy (non-hydrogen) atoms. The Kier molecular flexibility index (Phi) is 3.42. The summed E-state index contributed by atoms with van der Waals surface area (Å²) in [7, 11) is 1.95. The van der Waals surface area contributed by atoms with Crippen LogP contribution in [0.15, 0.2) is 30.5 Å². The number of nitro groups is 1. The van der Waals surface area contributed by atoms with E-state index in [1.165, 1.54) is 12.1 Å². The summed E-state index contributed by atoms with van der Waals surface area (Å²) >= 11 is 0. The highest BCUT2D eigenvalue weighted by Gasteiger charge is 2.25. The molecule has 1 saturated heterocycles. The van der Waals surface area contributed by atoms with Gasteiger partial charge in [-0.05, 0) is 13.0 Å². The summed E-state index contributed by atoms with van der Waals surface area (Å²) in [6.07, 6.45) is 0. The number of non-ortho nitro benzene ring substituents is 1. The zero-order valence-corrected chi connectivity index (χ0v) is 11.0. The summed E-state index contributed by atoms with van der Waals surface area (Å²) in [5, 5.41) is 10.6. The van der Waals surface area contributed by atoms with E-state index in [9.17, 15) is 14.5 Å². The molecule has 0 radical (unpaired) electrons. The lowest BCUT2D eigenvalue weighted by molar-refractivity contribution is -0.385. The second kappa shape index (κ2) is 4.87. The average molecular weight is 265 g/mol. The van der Waals surface area contributed by atoms with Crippen LogP contribution in [0.25, 0.3) is 0 Å². The van der Waals surface area contributed by atoms with Gasteiger partial charge in [0.2, 0.25) is 0 Å². The molecule has 1 aromatic rings. The molecule has 1 aromatic carbocycles. The summed E-state index contributed by atoms with van der Waals surface area (Å²) in [5.41, 5.74) is 1.05. The molecule has 1 atom stereocenters. The van der Waals surface area contributed by atoms with Crippen LogP contribution in [0.3, 0.4) is 0 Å². The second-order valence-corrected chi connectivity index (χ2v) is 4.80. The summed E-state index contributed by atoms with van der Waals surface area (Å²) in [6.45, 7) is 7.16. The van der Waals surface area contributed by atoms with Crippen molar-refractivity contribution >= 4 is 11.4 Å². The van der Waals surface area contributed by atoms with E-state index in [1.54, 1.807) is 0 Å². The predicted molar refractivity (Wildman–Crippen MR) is 71.6 cm³/mol. The molecule has 0 unspecified atom stereocenters. The fourth-order valence-electron chi connectivity index (χ4n) is 2.20. The highest BCUT2D eigenvalue weighted by atomic mass is 19.1. The number of halogens is 1. The van der Waals surface area contributed by atoms with Gasteiger partial charge in [-0.15, -0.1) is 0 Å². The monoisotopic (exact) mass is 265 g/mol. The SMILES string of the molecule is C=C1CN(c2ccc([N+](=O)[O-])cc2F)C[C@H](C)N1C. The molecule has 0 saturated carbocycles. The Hall–Kier alpha value is -2.11. The number of nitro benzene ring substituents is 1. The minimum atomic E-state index is -0.599. The van der Waals surface area contributed by atoms with E-state index < -0.39 is 10.7 Å². The van der Waals surface area contributed by atoms with Crippen LogP contribution in [-0.4, -0.2) is 36.0 Å². The van der Waals surface area contributed by atoms with Crippen LogP contribution < -0.4 is 4.90 Å². The number of anilines is 1. The Labute approximate surface area is 111 Å². The van der Waals surface area contributed by atoms with Crippen molar-refractivity contribution in [3.05, 3.63) is 46.4 Å². The minimum absolute atomic E-state index is 0.218. The first-order valence-electron chi connectivity index (χ1n) is 5.99. The molecule has 2 rings (SSSR count). The Bertz CT molecular complexity index is 533. The Morgan fingerprint density at radius 3 is 2.74 bits per heavy atom. The standard InChI is InChI=1S/C13H16FN3O2/c1-9-7-16(8-10(2)15(9)3)13-5-4-11(17(18)19)6-12(13)14/h4-6,10H,1,7-8H2,2-3H3/t10-/m0/s1. The van der Waals surface area contributed by atoms with E-state index >= 15 is 0 Å². The summed E-state index contributed by atoms with van der Waals surface area (Å²) in [4.78, 5) is 13.9. The second-order valence-electron chi connectivity index (χ2n) is 4.80. The number of piperazine rings is 1. The molecular formula is C13H16FN3O2. The van der Waals surface area contributed by atoms with Crippen molar-refractivity contribution in [1.29, 1.82) is 0 Å². The maximum absolute atomic E-state index is 14.0. The van der Waals surface area contributed by atoms with Gasteiger partial charge in [0.15, 0.2) is 5.82 Å². The molecular weight excluding hydrogens is 249 g/mol. The zero-order valence-electron chi connectivity index (χ0n) is 11.0. The normalized spacial score (nSPS) is 19.7. The number of likely N-dealkylation sites (N-methyl/N-ethyl adjacent to an activating group) is 1. The summed E-state index contributed by atoms with van der Waals surface area (Å²) in [6, 6.07) is 3.96. The lowest BCUT2D eigenvalue weighted by Gasteiger charge is -2.41. The first-order chi connectivity index (χ1) is 8.90. The van der Waals surface area contributed by atoms with Crippen molar-refractivity contribution in [2.75, 3.05) is 25.0 Å². The fourth-order valence-corrected chi connectivity index (χ4v) is 2.20. The van der Waals surface area contributed by atoms with Crippen LogP contribution in [-0.2, 0) is 0 Å². The van der Waals surface area contributed by atoms with E-state index in [0.29, 0.717) is 18.8 Å². The van der Waals surface area contributed by atoms with Gasteiger partial charge >= 0.3 is 0 Å². The van der Waals surface area contributed by atoms with Gasteiger partial charge in [-0.2, -0.15) is 0 Å². The van der Waals surface area contributed by atoms with Gasteiger partial charge in [0.1, 0.15) is 0 Å². The third-order valence-corrected chi connectivity index (χ3v) is 3.50. The van der Waals surface area contributed by atoms with Crippen LogP contribution in [0.4, 0.5) is 15.8 Å². The molecule has 5 nitrogen and oxygen atoms in total. The molecule has 1 heterocycles. The first-order valence-corrected chi connectivity index (χ1v) is 5.99. The zero-order chi connectivity index (χ0) is 14.2. The van der Waals surface area contributed by atoms with Gasteiger partial charge in [0, 0.05) is 31.4 Å². The first kappa shape index (κ1) is 13.3. The van der Waals surface area contributed by atoms with E-state index in [2.05, 4.69) is 11.5 Å². The van der Waals surface area contributed by atoms with E-state index in [1.807, 2.05) is 18.9 Å². The highest BCUT2D eigenvalue weighted by Crippen LogP contribution is 2.27. The van der Waals surface area contributed by atoms with Gasteiger partial charge < -0.3 is 9.80 Å². The Balaban J connectivity index is 2.27. The summed E-state index contributed by atoms with van der Waals surface area (Å²) in [5.74, 6) is -0.571. The van der Waals surface area contributed by atoms with Gasteiger partial charge in [0.25, 0.3) is 5.69 Å². The van der Waals surface area contributed by atoms with Crippen LogP contribution >= 0.6 is 0 Å². The Morgan fingerprint density at radius 2 is 2.21 bits per heavy atom. The fraction of sp³-hybridized carbons (Fsp3) is 0.385. The van der Waals surface area contributed by atoms with Crippen LogP contribution in [0.2, 0.25) is 0 Å². The molecule has 1 aliphatic heterocycles. The molecule has 0 aliphatic carbocycles. The van der Waals surface area contributed by atoms with E-state index in [4.69, 9.17) is 0 Å². The van der Waals surface area contributed by atoms with Gasteiger partial charge in [-0.3, -0.25) is 10.1 Å². The molecule has 1 aliphatic rings. The topological polar surface area (TPSA) is 49.6 Å². The van der Waals surface area contributed by atoms with Crippen molar-refractivity contribution in [2.45, 2.75) is 13.0 Å². The third kappa shape index (κ3) is 2.52. The molecule has 1 fully saturated rings. The summed E-state index contributed by atoms with van der Waals surface area (Å²) < 4.78 is 14.0. The molecule has 102 valence electrons. The van der Waals surface area contributed by atoms with Crippen molar-refractivity contribution < 1.29 is 9.31 Å². The van der Waals surface area contributed by atoms with Gasteiger partial charge in [-0.1, -0.05) is 6.58 Å². The number of rotatable bonds is 2. The molecule has 0 spiro atoms. The van der Waals surface area contributed by atoms with Crippen molar-refractivity contribution in [1.82, 2.24) is 4.90 Å². The molecule has 6 heteroatoms. The highest BCUT2D eigenvalue weighted by molar-refractivity contribution is 5.53. The number of hydrogen-bond donors (Lipinski definition) is 0. The number of hydrogen-bond acceptors (Lipinski definition) is 4. The maximum atomic E-state index is 14.0. The smallest absolute Gasteiger partial charge is 0.272 e. The van der Waals surface area contributed by atoms with E-state index in [-0.39, 0.29) is 11.7 Å². The van der Waals surface area contributed by atoms with Crippen molar-refractivity contribution in [3.63, 3.8) is 0 Å². The predicted octanol–water partition coefficient (Wildman–Crippen LogP) is 2.39. The van der Waals surface area contributed by atoms with Gasteiger partial charge in [0.05, 0.1) is 23.2 Å². The largest absolute Gasteiger partial charge is 0.372 e.